The monoisotopic (exact) mass is 371 g/mol. The molecular weight excluding hydrogens is 363 g/mol. The lowest BCUT2D eigenvalue weighted by Crippen LogP contribution is -2.26. The van der Waals surface area contributed by atoms with Crippen molar-refractivity contribution in [1.82, 2.24) is 0 Å². The molecule has 1 fully saturated rings. The summed E-state index contributed by atoms with van der Waals surface area (Å²) in [5.74, 6) is -4.15. The number of rotatable bonds is 3. The third-order valence-electron chi connectivity index (χ3n) is 2.92. The highest BCUT2D eigenvalue weighted by atomic mass is 79.9. The molecule has 1 unspecified atom stereocenters. The van der Waals surface area contributed by atoms with Crippen LogP contribution in [0.4, 0.5) is 18.4 Å². The van der Waals surface area contributed by atoms with Crippen molar-refractivity contribution in [1.29, 1.82) is 0 Å². The molecule has 1 aliphatic heterocycles. The number of halogens is 4. The molecule has 1 amide bonds. The average Bonchev–Trinajstić information content (AvgIpc) is 2.62. The Morgan fingerprint density at radius 3 is 2.50 bits per heavy atom. The third kappa shape index (κ3) is 3.32. The summed E-state index contributed by atoms with van der Waals surface area (Å²) in [6, 6.07) is 1.71. The molecule has 1 atom stereocenters. The first-order valence-electron chi connectivity index (χ1n) is 5.54. The van der Waals surface area contributed by atoms with Gasteiger partial charge in [0.05, 0.1) is 11.4 Å². The van der Waals surface area contributed by atoms with Gasteiger partial charge in [0.1, 0.15) is 0 Å². The molecule has 0 saturated carbocycles. The van der Waals surface area contributed by atoms with Gasteiger partial charge in [-0.15, -0.1) is 3.89 Å². The zero-order chi connectivity index (χ0) is 15.1. The molecular formula is C11H9BrF3NO3S. The summed E-state index contributed by atoms with van der Waals surface area (Å²) in [6.45, 7) is -0.0638. The quantitative estimate of drug-likeness (QED) is 0.605. The van der Waals surface area contributed by atoms with Gasteiger partial charge < -0.3 is 4.90 Å². The van der Waals surface area contributed by atoms with Gasteiger partial charge in [-0.1, -0.05) is 0 Å². The van der Waals surface area contributed by atoms with Crippen LogP contribution in [0.3, 0.4) is 0 Å². The van der Waals surface area contributed by atoms with Crippen molar-refractivity contribution in [3.8, 4) is 0 Å². The van der Waals surface area contributed by atoms with E-state index in [1.165, 1.54) is 0 Å². The van der Waals surface area contributed by atoms with Gasteiger partial charge in [0.25, 0.3) is 0 Å². The molecule has 1 heterocycles. The fourth-order valence-corrected chi connectivity index (χ4v) is 3.44. The maximum Gasteiger partial charge on any atom is 0.302 e. The molecule has 9 heteroatoms. The number of hydrogen-bond acceptors (Lipinski definition) is 3. The Balaban J connectivity index is 2.26. The largest absolute Gasteiger partial charge is 0.311 e. The van der Waals surface area contributed by atoms with Gasteiger partial charge in [0.15, 0.2) is 11.6 Å². The molecule has 4 nitrogen and oxygen atoms in total. The van der Waals surface area contributed by atoms with Crippen molar-refractivity contribution >= 4 is 37.7 Å². The average molecular weight is 372 g/mol. The highest BCUT2D eigenvalue weighted by Gasteiger charge is 2.34. The molecule has 0 spiro atoms. The first kappa shape index (κ1) is 15.3. The molecule has 110 valence electrons. The van der Waals surface area contributed by atoms with E-state index < -0.39 is 39.4 Å². The number of benzene rings is 1. The van der Waals surface area contributed by atoms with Crippen LogP contribution in [-0.2, 0) is 15.0 Å². The molecule has 0 N–H and O–H groups in total. The molecule has 1 aromatic rings. The van der Waals surface area contributed by atoms with Crippen molar-refractivity contribution in [2.75, 3.05) is 17.2 Å². The lowest BCUT2D eigenvalue weighted by atomic mass is 10.1. The van der Waals surface area contributed by atoms with E-state index in [9.17, 15) is 25.9 Å². The standard InChI is InChI=1S/C11H9BrF3NO3S/c12-7-2-8(13)9(14)3-10(7)16-4-6(1-11(16)17)5-20(15,18)19/h2-3,6H,1,4-5H2. The highest BCUT2D eigenvalue weighted by Crippen LogP contribution is 2.33. The van der Waals surface area contributed by atoms with Crippen LogP contribution < -0.4 is 4.90 Å². The molecule has 1 aromatic carbocycles. The summed E-state index contributed by atoms with van der Waals surface area (Å²) in [5.41, 5.74) is 0.0904. The zero-order valence-corrected chi connectivity index (χ0v) is 12.3. The maximum atomic E-state index is 13.2. The number of anilines is 1. The SMILES string of the molecule is O=C1CC(CS(=O)(=O)F)CN1c1cc(F)c(F)cc1Br. The smallest absolute Gasteiger partial charge is 0.302 e. The number of nitrogens with zero attached hydrogens (tertiary/aromatic N) is 1. The summed E-state index contributed by atoms with van der Waals surface area (Å²) >= 11 is 3.01. The van der Waals surface area contributed by atoms with E-state index in [4.69, 9.17) is 0 Å². The van der Waals surface area contributed by atoms with Crippen LogP contribution in [0, 0.1) is 17.6 Å². The topological polar surface area (TPSA) is 54.5 Å². The van der Waals surface area contributed by atoms with Gasteiger partial charge in [-0.25, -0.2) is 8.78 Å². The fourth-order valence-electron chi connectivity index (χ4n) is 2.13. The van der Waals surface area contributed by atoms with Gasteiger partial charge in [-0.3, -0.25) is 4.79 Å². The van der Waals surface area contributed by atoms with Crippen LogP contribution in [0.1, 0.15) is 6.42 Å². The minimum Gasteiger partial charge on any atom is -0.311 e. The Bertz CT molecular complexity index is 665. The molecule has 1 aliphatic rings. The second-order valence-corrected chi connectivity index (χ2v) is 6.76. The van der Waals surface area contributed by atoms with Crippen molar-refractivity contribution in [3.05, 3.63) is 28.2 Å². The van der Waals surface area contributed by atoms with Crippen LogP contribution in [0.25, 0.3) is 0 Å². The highest BCUT2D eigenvalue weighted by molar-refractivity contribution is 9.10. The summed E-state index contributed by atoms with van der Waals surface area (Å²) in [6.07, 6.45) is -0.158. The number of carbonyl (C=O) groups is 1. The Labute approximate surface area is 121 Å². The van der Waals surface area contributed by atoms with Crippen molar-refractivity contribution in [2.24, 2.45) is 5.92 Å². The Hall–Kier alpha value is -1.09. The molecule has 20 heavy (non-hydrogen) atoms. The first-order chi connectivity index (χ1) is 9.17. The van der Waals surface area contributed by atoms with Crippen LogP contribution in [0.15, 0.2) is 16.6 Å². The van der Waals surface area contributed by atoms with E-state index in [2.05, 4.69) is 15.9 Å². The van der Waals surface area contributed by atoms with E-state index >= 15 is 0 Å². The zero-order valence-electron chi connectivity index (χ0n) is 9.95. The van der Waals surface area contributed by atoms with Crippen molar-refractivity contribution in [3.63, 3.8) is 0 Å². The first-order valence-corrected chi connectivity index (χ1v) is 7.89. The minimum atomic E-state index is -4.69. The van der Waals surface area contributed by atoms with Crippen molar-refractivity contribution < 1.29 is 25.9 Å². The third-order valence-corrected chi connectivity index (χ3v) is 4.43. The Morgan fingerprint density at radius 1 is 1.30 bits per heavy atom. The summed E-state index contributed by atoms with van der Waals surface area (Å²) in [4.78, 5) is 12.9. The number of carbonyl (C=O) groups excluding carboxylic acids is 1. The molecule has 0 aliphatic carbocycles. The van der Waals surface area contributed by atoms with Crippen LogP contribution in [-0.4, -0.2) is 26.6 Å². The lowest BCUT2D eigenvalue weighted by Gasteiger charge is -2.18. The van der Waals surface area contributed by atoms with E-state index in [0.717, 1.165) is 17.0 Å². The van der Waals surface area contributed by atoms with E-state index in [-0.39, 0.29) is 23.1 Å². The van der Waals surface area contributed by atoms with E-state index in [1.807, 2.05) is 0 Å². The molecule has 0 bridgehead atoms. The van der Waals surface area contributed by atoms with Gasteiger partial charge in [-0.2, -0.15) is 8.42 Å². The molecule has 1 saturated heterocycles. The van der Waals surface area contributed by atoms with Crippen LogP contribution in [0.5, 0.6) is 0 Å². The summed E-state index contributed by atoms with van der Waals surface area (Å²) in [7, 11) is -4.69. The van der Waals surface area contributed by atoms with Gasteiger partial charge >= 0.3 is 10.2 Å². The second-order valence-electron chi connectivity index (χ2n) is 4.50. The normalized spacial score (nSPS) is 19.7. The summed E-state index contributed by atoms with van der Waals surface area (Å²) < 4.78 is 60.2. The lowest BCUT2D eigenvalue weighted by molar-refractivity contribution is -0.117. The van der Waals surface area contributed by atoms with Crippen molar-refractivity contribution in [2.45, 2.75) is 6.42 Å². The summed E-state index contributed by atoms with van der Waals surface area (Å²) in [5, 5.41) is 0. The predicted octanol–water partition coefficient (Wildman–Crippen LogP) is 2.38. The minimum absolute atomic E-state index is 0.0638. The molecule has 2 rings (SSSR count). The van der Waals surface area contributed by atoms with E-state index in [0.29, 0.717) is 0 Å². The molecule has 0 aromatic heterocycles. The van der Waals surface area contributed by atoms with Gasteiger partial charge in [-0.05, 0) is 22.0 Å². The maximum absolute atomic E-state index is 13.2. The second kappa shape index (κ2) is 5.36. The number of hydrogen-bond donors (Lipinski definition) is 0. The van der Waals surface area contributed by atoms with Crippen LogP contribution in [0.2, 0.25) is 0 Å². The fraction of sp³-hybridized carbons (Fsp3) is 0.364. The Morgan fingerprint density at radius 2 is 1.90 bits per heavy atom. The predicted molar refractivity (Wildman–Crippen MR) is 69.4 cm³/mol. The van der Waals surface area contributed by atoms with Crippen LogP contribution >= 0.6 is 15.9 Å². The van der Waals surface area contributed by atoms with Gasteiger partial charge in [0.2, 0.25) is 5.91 Å². The molecule has 0 radical (unpaired) electrons. The van der Waals surface area contributed by atoms with Gasteiger partial charge in [0, 0.05) is 29.4 Å². The Kier molecular flexibility index (Phi) is 4.10. The van der Waals surface area contributed by atoms with E-state index in [1.54, 1.807) is 0 Å². The number of amides is 1.